The molecule has 1 aromatic carbocycles. The number of carbonyl (C=O) groups is 1. The minimum Gasteiger partial charge on any atom is -0.486 e. The van der Waals surface area contributed by atoms with Gasteiger partial charge < -0.3 is 14.6 Å². The van der Waals surface area contributed by atoms with Gasteiger partial charge in [-0.15, -0.1) is 0 Å². The summed E-state index contributed by atoms with van der Waals surface area (Å²) in [5.41, 5.74) is 0.259. The number of nitrogens with zero attached hydrogens (tertiary/aromatic N) is 1. The Morgan fingerprint density at radius 1 is 1.22 bits per heavy atom. The van der Waals surface area contributed by atoms with E-state index in [0.29, 0.717) is 48.8 Å². The number of ketones is 1. The van der Waals surface area contributed by atoms with E-state index < -0.39 is 5.60 Å². The van der Waals surface area contributed by atoms with Gasteiger partial charge in [-0.1, -0.05) is 6.07 Å². The number of hydrogen-bond acceptors (Lipinski definition) is 5. The number of pyridine rings is 1. The first-order valence-electron chi connectivity index (χ1n) is 7.73. The SMILES string of the molecule is O=C(CC1CC1(O)c1ccccn1)c1ccc2c(c1)OCCO2. The Kier molecular flexibility index (Phi) is 3.31. The van der Waals surface area contributed by atoms with Crippen LogP contribution >= 0.6 is 0 Å². The Labute approximate surface area is 133 Å². The molecule has 5 nitrogen and oxygen atoms in total. The maximum Gasteiger partial charge on any atom is 0.163 e. The van der Waals surface area contributed by atoms with E-state index >= 15 is 0 Å². The highest BCUT2D eigenvalue weighted by Crippen LogP contribution is 2.53. The molecule has 118 valence electrons. The van der Waals surface area contributed by atoms with Crippen molar-refractivity contribution in [2.75, 3.05) is 13.2 Å². The van der Waals surface area contributed by atoms with Crippen molar-refractivity contribution in [1.29, 1.82) is 0 Å². The molecule has 2 heterocycles. The van der Waals surface area contributed by atoms with Gasteiger partial charge in [-0.05, 0) is 36.8 Å². The molecule has 0 bridgehead atoms. The summed E-state index contributed by atoms with van der Waals surface area (Å²) >= 11 is 0. The van der Waals surface area contributed by atoms with Crippen LogP contribution in [-0.4, -0.2) is 29.1 Å². The Hall–Kier alpha value is -2.40. The summed E-state index contributed by atoms with van der Waals surface area (Å²) in [4.78, 5) is 16.7. The van der Waals surface area contributed by atoms with Crippen LogP contribution in [0, 0.1) is 5.92 Å². The number of hydrogen-bond donors (Lipinski definition) is 1. The predicted molar refractivity (Wildman–Crippen MR) is 82.6 cm³/mol. The lowest BCUT2D eigenvalue weighted by molar-refractivity contribution is 0.0914. The van der Waals surface area contributed by atoms with Crippen molar-refractivity contribution in [2.45, 2.75) is 18.4 Å². The summed E-state index contributed by atoms with van der Waals surface area (Å²) in [7, 11) is 0. The van der Waals surface area contributed by atoms with Crippen molar-refractivity contribution < 1.29 is 19.4 Å². The average Bonchev–Trinajstić information content (AvgIpc) is 3.26. The maximum absolute atomic E-state index is 12.5. The minimum atomic E-state index is -0.968. The second-order valence-electron chi connectivity index (χ2n) is 6.03. The fourth-order valence-electron chi connectivity index (χ4n) is 3.05. The zero-order valence-electron chi connectivity index (χ0n) is 12.6. The maximum atomic E-state index is 12.5. The molecule has 23 heavy (non-hydrogen) atoms. The molecule has 4 rings (SSSR count). The van der Waals surface area contributed by atoms with Gasteiger partial charge >= 0.3 is 0 Å². The second-order valence-corrected chi connectivity index (χ2v) is 6.03. The molecule has 0 saturated heterocycles. The molecule has 1 aliphatic heterocycles. The van der Waals surface area contributed by atoms with Gasteiger partial charge in [0.05, 0.1) is 5.69 Å². The highest BCUT2D eigenvalue weighted by Gasteiger charge is 2.55. The first kappa shape index (κ1) is 14.2. The van der Waals surface area contributed by atoms with Crippen molar-refractivity contribution in [3.05, 3.63) is 53.9 Å². The highest BCUT2D eigenvalue weighted by molar-refractivity contribution is 5.97. The van der Waals surface area contributed by atoms with Crippen LogP contribution < -0.4 is 9.47 Å². The molecule has 1 aliphatic carbocycles. The smallest absolute Gasteiger partial charge is 0.163 e. The normalized spacial score (nSPS) is 25.0. The number of aliphatic hydroxyl groups is 1. The third-order valence-electron chi connectivity index (χ3n) is 4.48. The summed E-state index contributed by atoms with van der Waals surface area (Å²) < 4.78 is 11.0. The molecule has 2 unspecified atom stereocenters. The Balaban J connectivity index is 1.47. The Bertz CT molecular complexity index is 746. The number of aromatic nitrogens is 1. The number of Topliss-reactive ketones (excluding diaryl/α,β-unsaturated/α-hetero) is 1. The van der Waals surface area contributed by atoms with Gasteiger partial charge in [0.2, 0.25) is 0 Å². The summed E-state index contributed by atoms with van der Waals surface area (Å²) in [6, 6.07) is 10.7. The standard InChI is InChI=1S/C18H17NO4/c20-14(12-4-5-15-16(9-12)23-8-7-22-15)10-13-11-18(13,21)17-3-1-2-6-19-17/h1-6,9,13,21H,7-8,10-11H2. The van der Waals surface area contributed by atoms with E-state index in [1.54, 1.807) is 30.5 Å². The fraction of sp³-hybridized carbons (Fsp3) is 0.333. The Morgan fingerprint density at radius 2 is 2.04 bits per heavy atom. The average molecular weight is 311 g/mol. The first-order chi connectivity index (χ1) is 11.2. The van der Waals surface area contributed by atoms with Crippen LogP contribution in [0.5, 0.6) is 11.5 Å². The molecular weight excluding hydrogens is 294 g/mol. The van der Waals surface area contributed by atoms with Crippen molar-refractivity contribution in [2.24, 2.45) is 5.92 Å². The van der Waals surface area contributed by atoms with E-state index in [4.69, 9.17) is 9.47 Å². The zero-order valence-corrected chi connectivity index (χ0v) is 12.6. The van der Waals surface area contributed by atoms with E-state index in [2.05, 4.69) is 4.98 Å². The number of fused-ring (bicyclic) bond motifs is 1. The van der Waals surface area contributed by atoms with Crippen LogP contribution in [0.2, 0.25) is 0 Å². The Morgan fingerprint density at radius 3 is 2.83 bits per heavy atom. The molecule has 1 aromatic heterocycles. The van der Waals surface area contributed by atoms with Gasteiger partial charge in [-0.3, -0.25) is 9.78 Å². The molecule has 5 heteroatoms. The molecule has 2 aliphatic rings. The molecule has 1 saturated carbocycles. The molecule has 1 fully saturated rings. The zero-order chi connectivity index (χ0) is 15.9. The monoisotopic (exact) mass is 311 g/mol. The van der Waals surface area contributed by atoms with Crippen molar-refractivity contribution in [1.82, 2.24) is 4.98 Å². The molecule has 2 aromatic rings. The summed E-state index contributed by atoms with van der Waals surface area (Å²) in [6.07, 6.45) is 2.53. The number of rotatable bonds is 4. The highest BCUT2D eigenvalue weighted by atomic mass is 16.6. The van der Waals surface area contributed by atoms with Gasteiger partial charge in [0, 0.05) is 24.1 Å². The molecule has 0 amide bonds. The van der Waals surface area contributed by atoms with Gasteiger partial charge in [0.15, 0.2) is 17.3 Å². The van der Waals surface area contributed by atoms with E-state index in [0.717, 1.165) is 0 Å². The van der Waals surface area contributed by atoms with Gasteiger partial charge in [-0.2, -0.15) is 0 Å². The third-order valence-corrected chi connectivity index (χ3v) is 4.48. The predicted octanol–water partition coefficient (Wildman–Crippen LogP) is 2.33. The van der Waals surface area contributed by atoms with Gasteiger partial charge in [0.25, 0.3) is 0 Å². The summed E-state index contributed by atoms with van der Waals surface area (Å²) in [5, 5.41) is 10.6. The number of benzene rings is 1. The van der Waals surface area contributed by atoms with Crippen LogP contribution in [-0.2, 0) is 5.60 Å². The molecule has 0 radical (unpaired) electrons. The first-order valence-corrected chi connectivity index (χ1v) is 7.73. The minimum absolute atomic E-state index is 0.00108. The van der Waals surface area contributed by atoms with Crippen molar-refractivity contribution in [3.8, 4) is 11.5 Å². The molecule has 1 N–H and O–H groups in total. The van der Waals surface area contributed by atoms with Crippen LogP contribution in [0.15, 0.2) is 42.6 Å². The second kappa shape index (κ2) is 5.35. The lowest BCUT2D eigenvalue weighted by atomic mass is 10.0. The lowest BCUT2D eigenvalue weighted by Crippen LogP contribution is -2.16. The quantitative estimate of drug-likeness (QED) is 0.878. The topological polar surface area (TPSA) is 68.7 Å². The van der Waals surface area contributed by atoms with Crippen molar-refractivity contribution >= 4 is 5.78 Å². The van der Waals surface area contributed by atoms with Crippen LogP contribution in [0.3, 0.4) is 0 Å². The molecule has 2 atom stereocenters. The fourth-order valence-corrected chi connectivity index (χ4v) is 3.05. The van der Waals surface area contributed by atoms with E-state index in [9.17, 15) is 9.90 Å². The third kappa shape index (κ3) is 2.57. The van der Waals surface area contributed by atoms with Crippen LogP contribution in [0.25, 0.3) is 0 Å². The van der Waals surface area contributed by atoms with E-state index in [1.165, 1.54) is 0 Å². The van der Waals surface area contributed by atoms with Crippen molar-refractivity contribution in [3.63, 3.8) is 0 Å². The number of carbonyl (C=O) groups excluding carboxylic acids is 1. The van der Waals surface area contributed by atoms with Gasteiger partial charge in [-0.25, -0.2) is 0 Å². The summed E-state index contributed by atoms with van der Waals surface area (Å²) in [5.74, 6) is 1.19. The summed E-state index contributed by atoms with van der Waals surface area (Å²) in [6.45, 7) is 1.02. The molecular formula is C18H17NO4. The molecule has 0 spiro atoms. The lowest BCUT2D eigenvalue weighted by Gasteiger charge is -2.18. The largest absolute Gasteiger partial charge is 0.486 e. The van der Waals surface area contributed by atoms with Crippen LogP contribution in [0.1, 0.15) is 28.9 Å². The number of ether oxygens (including phenoxy) is 2. The van der Waals surface area contributed by atoms with E-state index in [1.807, 2.05) is 12.1 Å². The van der Waals surface area contributed by atoms with Gasteiger partial charge in [0.1, 0.15) is 18.8 Å². The van der Waals surface area contributed by atoms with E-state index in [-0.39, 0.29) is 11.7 Å². The van der Waals surface area contributed by atoms with Crippen LogP contribution in [0.4, 0.5) is 0 Å².